The maximum absolute atomic E-state index is 7.17. The zero-order chi connectivity index (χ0) is 13.4. The van der Waals surface area contributed by atoms with Crippen molar-refractivity contribution in [1.29, 1.82) is 5.41 Å². The zero-order valence-electron chi connectivity index (χ0n) is 11.4. The van der Waals surface area contributed by atoms with Gasteiger partial charge in [0, 0.05) is 5.56 Å². The smallest absolute Gasteiger partial charge is 0.206 e. The standard InChI is InChI=1S/C14H20N4/c1-7-8(2)10(4)13-11(9(7)3)5-6-12(13)17-18-14(15)16/h5-6H2,1-4H3,(H4,15,16,18). The van der Waals surface area contributed by atoms with Crippen LogP contribution in [0.15, 0.2) is 5.10 Å². The highest BCUT2D eigenvalue weighted by atomic mass is 15.3. The Morgan fingerprint density at radius 2 is 1.67 bits per heavy atom. The summed E-state index contributed by atoms with van der Waals surface area (Å²) in [6.07, 6.45) is 1.95. The number of benzene rings is 1. The lowest BCUT2D eigenvalue weighted by Gasteiger charge is -2.15. The maximum atomic E-state index is 7.17. The topological polar surface area (TPSA) is 74.3 Å². The molecule has 0 aliphatic heterocycles. The zero-order valence-corrected chi connectivity index (χ0v) is 11.4. The number of rotatable bonds is 1. The Morgan fingerprint density at radius 1 is 1.06 bits per heavy atom. The van der Waals surface area contributed by atoms with Crippen LogP contribution in [0.4, 0.5) is 0 Å². The van der Waals surface area contributed by atoms with Gasteiger partial charge in [0.2, 0.25) is 5.96 Å². The minimum Gasteiger partial charge on any atom is -0.369 e. The second-order valence-electron chi connectivity index (χ2n) is 4.94. The van der Waals surface area contributed by atoms with Gasteiger partial charge < -0.3 is 5.73 Å². The Bertz CT molecular complexity index is 556. The largest absolute Gasteiger partial charge is 0.369 e. The van der Waals surface area contributed by atoms with Crippen LogP contribution in [-0.2, 0) is 6.42 Å². The van der Waals surface area contributed by atoms with Crippen LogP contribution in [0.1, 0.15) is 39.8 Å². The molecule has 1 aliphatic rings. The molecule has 4 nitrogen and oxygen atoms in total. The maximum Gasteiger partial charge on any atom is 0.206 e. The predicted octanol–water partition coefficient (Wildman–Crippen LogP) is 2.05. The Morgan fingerprint density at radius 3 is 2.28 bits per heavy atom. The van der Waals surface area contributed by atoms with Gasteiger partial charge in [-0.3, -0.25) is 5.41 Å². The van der Waals surface area contributed by atoms with Gasteiger partial charge in [0.05, 0.1) is 5.71 Å². The molecule has 0 spiro atoms. The molecule has 0 unspecified atom stereocenters. The summed E-state index contributed by atoms with van der Waals surface area (Å²) >= 11 is 0. The van der Waals surface area contributed by atoms with Crippen molar-refractivity contribution in [3.05, 3.63) is 33.4 Å². The Balaban J connectivity index is 2.57. The molecule has 0 saturated carbocycles. The predicted molar refractivity (Wildman–Crippen MR) is 75.3 cm³/mol. The molecule has 1 aromatic carbocycles. The summed E-state index contributed by atoms with van der Waals surface area (Å²) in [4.78, 5) is 0. The Labute approximate surface area is 108 Å². The highest BCUT2D eigenvalue weighted by Gasteiger charge is 2.24. The fourth-order valence-electron chi connectivity index (χ4n) is 2.70. The second-order valence-corrected chi connectivity index (χ2v) is 4.94. The Hall–Kier alpha value is -1.84. The highest BCUT2D eigenvalue weighted by molar-refractivity contribution is 6.06. The minimum absolute atomic E-state index is 0.117. The van der Waals surface area contributed by atoms with Gasteiger partial charge >= 0.3 is 0 Å². The number of hydrazone groups is 1. The van der Waals surface area contributed by atoms with Gasteiger partial charge in [0.15, 0.2) is 0 Å². The number of nitrogens with zero attached hydrogens (tertiary/aromatic N) is 1. The fraction of sp³-hybridized carbons (Fsp3) is 0.429. The third kappa shape index (κ3) is 1.88. The van der Waals surface area contributed by atoms with Crippen LogP contribution in [-0.4, -0.2) is 11.7 Å². The number of fused-ring (bicyclic) bond motifs is 1. The van der Waals surface area contributed by atoms with Crippen molar-refractivity contribution < 1.29 is 0 Å². The average Bonchev–Trinajstić information content (AvgIpc) is 2.75. The van der Waals surface area contributed by atoms with E-state index in [0.29, 0.717) is 0 Å². The van der Waals surface area contributed by atoms with Gasteiger partial charge in [0.25, 0.3) is 0 Å². The molecular weight excluding hydrogens is 224 g/mol. The molecule has 2 rings (SSSR count). The van der Waals surface area contributed by atoms with E-state index in [1.54, 1.807) is 0 Å². The lowest BCUT2D eigenvalue weighted by molar-refractivity contribution is 0.975. The summed E-state index contributed by atoms with van der Waals surface area (Å²) in [5.74, 6) is -0.117. The highest BCUT2D eigenvalue weighted by Crippen LogP contribution is 2.33. The summed E-state index contributed by atoms with van der Waals surface area (Å²) in [7, 11) is 0. The van der Waals surface area contributed by atoms with E-state index in [-0.39, 0.29) is 5.96 Å². The van der Waals surface area contributed by atoms with E-state index in [2.05, 4.69) is 38.2 Å². The van der Waals surface area contributed by atoms with Gasteiger partial charge in [-0.1, -0.05) is 0 Å². The molecule has 96 valence electrons. The molecule has 0 amide bonds. The van der Waals surface area contributed by atoms with Crippen molar-refractivity contribution in [2.75, 3.05) is 0 Å². The molecule has 0 radical (unpaired) electrons. The first-order valence-corrected chi connectivity index (χ1v) is 6.19. The van der Waals surface area contributed by atoms with Crippen molar-refractivity contribution in [1.82, 2.24) is 5.43 Å². The van der Waals surface area contributed by atoms with E-state index in [4.69, 9.17) is 11.1 Å². The van der Waals surface area contributed by atoms with Crippen molar-refractivity contribution in [3.63, 3.8) is 0 Å². The lowest BCUT2D eigenvalue weighted by atomic mass is 9.90. The van der Waals surface area contributed by atoms with Crippen molar-refractivity contribution in [2.45, 2.75) is 40.5 Å². The number of guanidine groups is 1. The molecule has 1 aliphatic carbocycles. The molecule has 0 saturated heterocycles. The van der Waals surface area contributed by atoms with Gasteiger partial charge in [-0.05, 0) is 68.4 Å². The molecule has 0 bridgehead atoms. The number of hydrogen-bond donors (Lipinski definition) is 3. The van der Waals surface area contributed by atoms with E-state index in [1.165, 1.54) is 33.4 Å². The number of nitrogens with two attached hydrogens (primary N) is 1. The third-order valence-corrected chi connectivity index (χ3v) is 4.03. The second kappa shape index (κ2) is 4.44. The van der Waals surface area contributed by atoms with Crippen LogP contribution in [0, 0.1) is 33.1 Å². The van der Waals surface area contributed by atoms with Crippen molar-refractivity contribution >= 4 is 11.7 Å². The summed E-state index contributed by atoms with van der Waals surface area (Å²) < 4.78 is 0. The van der Waals surface area contributed by atoms with Crippen LogP contribution in [0.2, 0.25) is 0 Å². The van der Waals surface area contributed by atoms with E-state index in [1.807, 2.05) is 0 Å². The molecule has 0 aromatic heterocycles. The first-order chi connectivity index (χ1) is 8.43. The average molecular weight is 244 g/mol. The molecule has 18 heavy (non-hydrogen) atoms. The lowest BCUT2D eigenvalue weighted by Crippen LogP contribution is -2.26. The molecule has 0 fully saturated rings. The van der Waals surface area contributed by atoms with Crippen LogP contribution < -0.4 is 11.2 Å². The van der Waals surface area contributed by atoms with Crippen molar-refractivity contribution in [2.24, 2.45) is 10.8 Å². The minimum atomic E-state index is -0.117. The first kappa shape index (κ1) is 12.6. The van der Waals surface area contributed by atoms with Crippen LogP contribution in [0.3, 0.4) is 0 Å². The summed E-state index contributed by atoms with van der Waals surface area (Å²) in [5, 5.41) is 11.4. The molecular formula is C14H20N4. The quantitative estimate of drug-likeness (QED) is 0.402. The van der Waals surface area contributed by atoms with Crippen LogP contribution >= 0.6 is 0 Å². The molecule has 0 heterocycles. The normalized spacial score (nSPS) is 15.9. The fourth-order valence-corrected chi connectivity index (χ4v) is 2.70. The van der Waals surface area contributed by atoms with E-state index in [9.17, 15) is 0 Å². The van der Waals surface area contributed by atoms with E-state index in [0.717, 1.165) is 18.6 Å². The summed E-state index contributed by atoms with van der Waals surface area (Å²) in [6.45, 7) is 8.67. The van der Waals surface area contributed by atoms with Gasteiger partial charge in [0.1, 0.15) is 0 Å². The van der Waals surface area contributed by atoms with E-state index >= 15 is 0 Å². The SMILES string of the molecule is Cc1c(C)c(C)c2c(c1C)CCC2=NNC(=N)N. The third-order valence-electron chi connectivity index (χ3n) is 4.03. The monoisotopic (exact) mass is 244 g/mol. The summed E-state index contributed by atoms with van der Waals surface area (Å²) in [5.41, 5.74) is 16.9. The number of hydrogen-bond acceptors (Lipinski definition) is 2. The molecule has 4 N–H and O–H groups in total. The van der Waals surface area contributed by atoms with Gasteiger partial charge in [-0.2, -0.15) is 5.10 Å². The Kier molecular flexibility index (Phi) is 3.11. The first-order valence-electron chi connectivity index (χ1n) is 6.19. The number of nitrogens with one attached hydrogen (secondary N) is 2. The molecule has 4 heteroatoms. The van der Waals surface area contributed by atoms with Crippen LogP contribution in [0.25, 0.3) is 0 Å². The van der Waals surface area contributed by atoms with Crippen LogP contribution in [0.5, 0.6) is 0 Å². The van der Waals surface area contributed by atoms with Crippen molar-refractivity contribution in [3.8, 4) is 0 Å². The van der Waals surface area contributed by atoms with Gasteiger partial charge in [-0.25, -0.2) is 5.43 Å². The van der Waals surface area contributed by atoms with E-state index < -0.39 is 0 Å². The molecule has 0 atom stereocenters. The molecule has 1 aromatic rings. The summed E-state index contributed by atoms with van der Waals surface area (Å²) in [6, 6.07) is 0. The van der Waals surface area contributed by atoms with Gasteiger partial charge in [-0.15, -0.1) is 0 Å².